The quantitative estimate of drug-likeness (QED) is 0.761. The summed E-state index contributed by atoms with van der Waals surface area (Å²) in [4.78, 5) is 23.8. The Morgan fingerprint density at radius 3 is 2.33 bits per heavy atom. The van der Waals surface area contributed by atoms with E-state index in [4.69, 9.17) is 21.1 Å². The molecule has 0 radical (unpaired) electrons. The largest absolute Gasteiger partial charge is 0.483 e. The standard InChI is InChI=1S/C18H26ClNO4/c1-10(2)13-8-14(19)12(5)7-15(13)24-9-16(21)20-17(11(3)4)18(22)23-6/h7-8,10-11,17H,9H2,1-6H3,(H,20,21). The molecule has 0 heterocycles. The third-order valence-electron chi connectivity index (χ3n) is 3.71. The number of benzene rings is 1. The van der Waals surface area contributed by atoms with E-state index in [1.807, 2.05) is 46.8 Å². The fraction of sp³-hybridized carbons (Fsp3) is 0.556. The molecule has 0 aromatic heterocycles. The maximum atomic E-state index is 12.1. The Kier molecular flexibility index (Phi) is 7.55. The molecule has 0 fully saturated rings. The smallest absolute Gasteiger partial charge is 0.328 e. The maximum absolute atomic E-state index is 12.1. The van der Waals surface area contributed by atoms with Crippen LogP contribution in [0.1, 0.15) is 44.7 Å². The van der Waals surface area contributed by atoms with Crippen LogP contribution in [-0.4, -0.2) is 31.6 Å². The van der Waals surface area contributed by atoms with E-state index >= 15 is 0 Å². The minimum atomic E-state index is -0.692. The SMILES string of the molecule is COC(=O)C(NC(=O)COc1cc(C)c(Cl)cc1C(C)C)C(C)C. The van der Waals surface area contributed by atoms with Crippen molar-refractivity contribution in [3.05, 3.63) is 28.3 Å². The minimum Gasteiger partial charge on any atom is -0.483 e. The number of carbonyl (C=O) groups is 2. The van der Waals surface area contributed by atoms with Gasteiger partial charge in [-0.25, -0.2) is 4.79 Å². The molecule has 0 spiro atoms. The summed E-state index contributed by atoms with van der Waals surface area (Å²) in [5.74, 6) is -0.0868. The summed E-state index contributed by atoms with van der Waals surface area (Å²) in [6.07, 6.45) is 0. The van der Waals surface area contributed by atoms with Gasteiger partial charge in [0.1, 0.15) is 11.8 Å². The monoisotopic (exact) mass is 355 g/mol. The van der Waals surface area contributed by atoms with Crippen molar-refractivity contribution >= 4 is 23.5 Å². The van der Waals surface area contributed by atoms with Gasteiger partial charge in [-0.15, -0.1) is 0 Å². The van der Waals surface area contributed by atoms with Crippen LogP contribution in [0.2, 0.25) is 5.02 Å². The van der Waals surface area contributed by atoms with Crippen LogP contribution in [0.5, 0.6) is 5.75 Å². The first-order valence-corrected chi connectivity index (χ1v) is 8.35. The van der Waals surface area contributed by atoms with Crippen LogP contribution in [-0.2, 0) is 14.3 Å². The van der Waals surface area contributed by atoms with E-state index in [0.29, 0.717) is 10.8 Å². The summed E-state index contributed by atoms with van der Waals surface area (Å²) in [6.45, 7) is 9.43. The van der Waals surface area contributed by atoms with Gasteiger partial charge in [0.05, 0.1) is 7.11 Å². The summed E-state index contributed by atoms with van der Waals surface area (Å²) in [6, 6.07) is 2.99. The molecule has 0 aliphatic rings. The zero-order valence-corrected chi connectivity index (χ0v) is 15.9. The minimum absolute atomic E-state index is 0.0783. The summed E-state index contributed by atoms with van der Waals surface area (Å²) >= 11 is 6.16. The first kappa shape index (κ1) is 20.3. The third-order valence-corrected chi connectivity index (χ3v) is 4.12. The Morgan fingerprint density at radius 2 is 1.83 bits per heavy atom. The lowest BCUT2D eigenvalue weighted by molar-refractivity contribution is -0.146. The molecular weight excluding hydrogens is 330 g/mol. The van der Waals surface area contributed by atoms with Crippen molar-refractivity contribution in [3.63, 3.8) is 0 Å². The molecule has 1 N–H and O–H groups in total. The summed E-state index contributed by atoms with van der Waals surface area (Å²) in [7, 11) is 1.30. The molecule has 1 amide bonds. The fourth-order valence-electron chi connectivity index (χ4n) is 2.23. The third kappa shape index (κ3) is 5.41. The summed E-state index contributed by atoms with van der Waals surface area (Å²) in [5, 5.41) is 3.32. The second kappa shape index (κ2) is 8.92. The Morgan fingerprint density at radius 1 is 1.21 bits per heavy atom. The maximum Gasteiger partial charge on any atom is 0.328 e. The van der Waals surface area contributed by atoms with Gasteiger partial charge in [0.25, 0.3) is 5.91 Å². The van der Waals surface area contributed by atoms with Gasteiger partial charge in [-0.05, 0) is 42.0 Å². The average Bonchev–Trinajstić information content (AvgIpc) is 2.51. The molecule has 0 bridgehead atoms. The van der Waals surface area contributed by atoms with E-state index in [1.54, 1.807) is 0 Å². The van der Waals surface area contributed by atoms with Gasteiger partial charge in [-0.2, -0.15) is 0 Å². The molecule has 1 unspecified atom stereocenters. The number of ether oxygens (including phenoxy) is 2. The molecule has 1 aromatic carbocycles. The highest BCUT2D eigenvalue weighted by Crippen LogP contribution is 2.31. The molecule has 24 heavy (non-hydrogen) atoms. The molecule has 134 valence electrons. The zero-order valence-electron chi connectivity index (χ0n) is 15.1. The number of hydrogen-bond acceptors (Lipinski definition) is 4. The van der Waals surface area contributed by atoms with Crippen molar-refractivity contribution in [2.75, 3.05) is 13.7 Å². The highest BCUT2D eigenvalue weighted by Gasteiger charge is 2.25. The predicted molar refractivity (Wildman–Crippen MR) is 94.6 cm³/mol. The topological polar surface area (TPSA) is 64.6 Å². The summed E-state index contributed by atoms with van der Waals surface area (Å²) in [5.41, 5.74) is 1.82. The average molecular weight is 356 g/mol. The van der Waals surface area contributed by atoms with Gasteiger partial charge in [-0.3, -0.25) is 4.79 Å². The number of rotatable bonds is 7. The lowest BCUT2D eigenvalue weighted by Gasteiger charge is -2.20. The van der Waals surface area contributed by atoms with Gasteiger partial charge >= 0.3 is 5.97 Å². The van der Waals surface area contributed by atoms with E-state index in [0.717, 1.165) is 11.1 Å². The first-order chi connectivity index (χ1) is 11.2. The predicted octanol–water partition coefficient (Wildman–Crippen LogP) is 3.46. The normalized spacial score (nSPS) is 12.2. The summed E-state index contributed by atoms with van der Waals surface area (Å²) < 4.78 is 10.4. The van der Waals surface area contributed by atoms with E-state index in [9.17, 15) is 9.59 Å². The van der Waals surface area contributed by atoms with E-state index in [2.05, 4.69) is 5.32 Å². The molecule has 0 aliphatic carbocycles. The van der Waals surface area contributed by atoms with Crippen LogP contribution in [0.25, 0.3) is 0 Å². The number of halogens is 1. The Labute approximate surface area is 148 Å². The molecule has 1 rings (SSSR count). The van der Waals surface area contributed by atoms with Crippen LogP contribution in [0, 0.1) is 12.8 Å². The van der Waals surface area contributed by atoms with Crippen LogP contribution >= 0.6 is 11.6 Å². The number of nitrogens with one attached hydrogen (secondary N) is 1. The lowest BCUT2D eigenvalue weighted by atomic mass is 10.0. The van der Waals surface area contributed by atoms with Crippen LogP contribution in [0.15, 0.2) is 12.1 Å². The number of amides is 1. The van der Waals surface area contributed by atoms with Gasteiger partial charge in [0.2, 0.25) is 0 Å². The Hall–Kier alpha value is -1.75. The van der Waals surface area contributed by atoms with Crippen molar-refractivity contribution in [3.8, 4) is 5.75 Å². The first-order valence-electron chi connectivity index (χ1n) is 7.97. The Balaban J connectivity index is 2.80. The number of aryl methyl sites for hydroxylation is 1. The fourth-order valence-corrected chi connectivity index (χ4v) is 2.40. The van der Waals surface area contributed by atoms with Gasteiger partial charge in [-0.1, -0.05) is 39.3 Å². The van der Waals surface area contributed by atoms with Crippen LogP contribution in [0.3, 0.4) is 0 Å². The lowest BCUT2D eigenvalue weighted by Crippen LogP contribution is -2.46. The molecular formula is C18H26ClNO4. The molecule has 0 saturated heterocycles. The van der Waals surface area contributed by atoms with Crippen molar-refractivity contribution in [2.24, 2.45) is 5.92 Å². The highest BCUT2D eigenvalue weighted by molar-refractivity contribution is 6.31. The van der Waals surface area contributed by atoms with E-state index in [1.165, 1.54) is 7.11 Å². The molecule has 6 heteroatoms. The van der Waals surface area contributed by atoms with Crippen LogP contribution < -0.4 is 10.1 Å². The molecule has 1 atom stereocenters. The van der Waals surface area contributed by atoms with Crippen molar-refractivity contribution in [1.29, 1.82) is 0 Å². The van der Waals surface area contributed by atoms with Crippen molar-refractivity contribution < 1.29 is 19.1 Å². The molecule has 0 aliphatic heterocycles. The van der Waals surface area contributed by atoms with Crippen molar-refractivity contribution in [2.45, 2.75) is 46.6 Å². The van der Waals surface area contributed by atoms with Crippen molar-refractivity contribution in [1.82, 2.24) is 5.32 Å². The molecule has 5 nitrogen and oxygen atoms in total. The second-order valence-electron chi connectivity index (χ2n) is 6.39. The number of hydrogen-bond donors (Lipinski definition) is 1. The van der Waals surface area contributed by atoms with Crippen LogP contribution in [0.4, 0.5) is 0 Å². The molecule has 0 saturated carbocycles. The number of esters is 1. The zero-order chi connectivity index (χ0) is 18.4. The number of carbonyl (C=O) groups excluding carboxylic acids is 2. The van der Waals surface area contributed by atoms with E-state index < -0.39 is 12.0 Å². The molecule has 1 aromatic rings. The Bertz CT molecular complexity index is 599. The van der Waals surface area contributed by atoms with Gasteiger partial charge in [0.15, 0.2) is 6.61 Å². The van der Waals surface area contributed by atoms with E-state index in [-0.39, 0.29) is 24.3 Å². The van der Waals surface area contributed by atoms with Gasteiger partial charge < -0.3 is 14.8 Å². The highest BCUT2D eigenvalue weighted by atomic mass is 35.5. The number of methoxy groups -OCH3 is 1. The van der Waals surface area contributed by atoms with Gasteiger partial charge in [0, 0.05) is 5.02 Å². The second-order valence-corrected chi connectivity index (χ2v) is 6.80.